The number of fused-ring (bicyclic) bond motifs is 1. The van der Waals surface area contributed by atoms with Gasteiger partial charge in [0.15, 0.2) is 5.65 Å². The third-order valence-electron chi connectivity index (χ3n) is 6.54. The van der Waals surface area contributed by atoms with Gasteiger partial charge in [-0.1, -0.05) is 36.4 Å². The molecule has 1 amide bonds. The molecule has 2 aromatic carbocycles. The molecule has 0 saturated carbocycles. The van der Waals surface area contributed by atoms with Crippen molar-refractivity contribution in [3.05, 3.63) is 95.7 Å². The number of aromatic nitrogens is 5. The molecule has 0 radical (unpaired) electrons. The van der Waals surface area contributed by atoms with Gasteiger partial charge in [0.2, 0.25) is 0 Å². The highest BCUT2D eigenvalue weighted by atomic mass is 16.5. The van der Waals surface area contributed by atoms with Gasteiger partial charge >= 0.3 is 0 Å². The molecule has 0 saturated heterocycles. The first-order valence-electron chi connectivity index (χ1n) is 12.2. The molecule has 0 aliphatic rings. The highest BCUT2D eigenvalue weighted by Gasteiger charge is 2.25. The molecule has 0 fully saturated rings. The third kappa shape index (κ3) is 4.58. The molecule has 0 bridgehead atoms. The van der Waals surface area contributed by atoms with E-state index in [9.17, 15) is 4.79 Å². The smallest absolute Gasteiger partial charge is 0.253 e. The summed E-state index contributed by atoms with van der Waals surface area (Å²) in [5, 5.41) is 8.49. The number of benzene rings is 2. The van der Waals surface area contributed by atoms with Gasteiger partial charge in [0.05, 0.1) is 30.0 Å². The van der Waals surface area contributed by atoms with E-state index in [1.165, 1.54) is 0 Å². The number of methoxy groups -OCH3 is 1. The number of nitrogens with zero attached hydrogens (tertiary/aromatic N) is 5. The van der Waals surface area contributed by atoms with Crippen LogP contribution in [0.3, 0.4) is 0 Å². The van der Waals surface area contributed by atoms with E-state index in [4.69, 9.17) is 9.72 Å². The van der Waals surface area contributed by atoms with Crippen LogP contribution >= 0.6 is 0 Å². The normalized spacial score (nSPS) is 12.2. The Hall–Kier alpha value is -4.46. The molecular weight excluding hydrogens is 464 g/mol. The number of pyridine rings is 1. The lowest BCUT2D eigenvalue weighted by molar-refractivity contribution is 0.0942. The number of aryl methyl sites for hydroxylation is 2. The Balaban J connectivity index is 1.64. The number of amides is 1. The predicted octanol–water partition coefficient (Wildman–Crippen LogP) is 5.25. The van der Waals surface area contributed by atoms with Crippen LogP contribution in [0.2, 0.25) is 0 Å². The van der Waals surface area contributed by atoms with Gasteiger partial charge in [-0.3, -0.25) is 4.79 Å². The molecule has 3 heterocycles. The van der Waals surface area contributed by atoms with Gasteiger partial charge in [-0.2, -0.15) is 5.10 Å². The Morgan fingerprint density at radius 3 is 2.59 bits per heavy atom. The molecule has 8 nitrogen and oxygen atoms in total. The minimum absolute atomic E-state index is 0.0881. The van der Waals surface area contributed by atoms with Crippen molar-refractivity contribution < 1.29 is 9.53 Å². The zero-order valence-electron chi connectivity index (χ0n) is 21.6. The number of ether oxygens (including phenoxy) is 1. The SMILES string of the molecule is COc1cccc(C(NC(=O)c2cc(-c3ccccc3C)nc3c2cnn3C(C)C)c2nccn2C)c1. The van der Waals surface area contributed by atoms with Crippen molar-refractivity contribution in [2.45, 2.75) is 32.9 Å². The highest BCUT2D eigenvalue weighted by molar-refractivity contribution is 6.06. The van der Waals surface area contributed by atoms with Crippen molar-refractivity contribution in [2.75, 3.05) is 7.11 Å². The summed E-state index contributed by atoms with van der Waals surface area (Å²) in [6.45, 7) is 6.14. The standard InChI is InChI=1S/C29H30N6O2/c1-18(2)35-27-24(17-31-35)23(16-25(32-27)22-12-7-6-9-19(22)3)29(36)33-26(28-30-13-14-34(28)4)20-10-8-11-21(15-20)37-5/h6-18,26H,1-5H3,(H,33,36). The van der Waals surface area contributed by atoms with Crippen LogP contribution < -0.4 is 10.1 Å². The van der Waals surface area contributed by atoms with E-state index in [1.807, 2.05) is 97.9 Å². The number of hydrogen-bond donors (Lipinski definition) is 1. The predicted molar refractivity (Wildman–Crippen MR) is 144 cm³/mol. The number of imidazole rings is 1. The minimum Gasteiger partial charge on any atom is -0.497 e. The zero-order chi connectivity index (χ0) is 26.1. The second-order valence-electron chi connectivity index (χ2n) is 9.37. The summed E-state index contributed by atoms with van der Waals surface area (Å²) in [7, 11) is 3.54. The Bertz CT molecular complexity index is 1580. The summed E-state index contributed by atoms with van der Waals surface area (Å²) in [4.78, 5) is 23.5. The average Bonchev–Trinajstić information content (AvgIpc) is 3.53. The average molecular weight is 495 g/mol. The Morgan fingerprint density at radius 1 is 1.08 bits per heavy atom. The van der Waals surface area contributed by atoms with Gasteiger partial charge in [-0.05, 0) is 50.1 Å². The third-order valence-corrected chi connectivity index (χ3v) is 6.54. The fourth-order valence-electron chi connectivity index (χ4n) is 4.56. The molecule has 0 spiro atoms. The first kappa shape index (κ1) is 24.2. The quantitative estimate of drug-likeness (QED) is 0.334. The number of nitrogens with one attached hydrogen (secondary N) is 1. The van der Waals surface area contributed by atoms with Gasteiger partial charge < -0.3 is 14.6 Å². The molecule has 5 rings (SSSR count). The van der Waals surface area contributed by atoms with Crippen molar-refractivity contribution in [3.8, 4) is 17.0 Å². The van der Waals surface area contributed by atoms with E-state index in [2.05, 4.69) is 15.4 Å². The van der Waals surface area contributed by atoms with Gasteiger partial charge in [0, 0.05) is 31.0 Å². The molecule has 1 unspecified atom stereocenters. The molecule has 37 heavy (non-hydrogen) atoms. The lowest BCUT2D eigenvalue weighted by Gasteiger charge is -2.20. The zero-order valence-corrected chi connectivity index (χ0v) is 21.6. The molecule has 3 aromatic heterocycles. The molecule has 0 aliphatic carbocycles. The molecule has 0 aliphatic heterocycles. The molecule has 5 aromatic rings. The monoisotopic (exact) mass is 494 g/mol. The molecular formula is C29H30N6O2. The van der Waals surface area contributed by atoms with Crippen LogP contribution in [-0.2, 0) is 7.05 Å². The summed E-state index contributed by atoms with van der Waals surface area (Å²) < 4.78 is 9.20. The van der Waals surface area contributed by atoms with Gasteiger partial charge in [-0.25, -0.2) is 14.6 Å². The van der Waals surface area contributed by atoms with E-state index in [-0.39, 0.29) is 11.9 Å². The fourth-order valence-corrected chi connectivity index (χ4v) is 4.56. The maximum absolute atomic E-state index is 14.0. The van der Waals surface area contributed by atoms with Crippen molar-refractivity contribution in [3.63, 3.8) is 0 Å². The summed E-state index contributed by atoms with van der Waals surface area (Å²) in [6, 6.07) is 17.1. The van der Waals surface area contributed by atoms with Crippen molar-refractivity contribution in [1.29, 1.82) is 0 Å². The first-order valence-corrected chi connectivity index (χ1v) is 12.2. The van der Waals surface area contributed by atoms with Crippen LogP contribution in [0.5, 0.6) is 5.75 Å². The Morgan fingerprint density at radius 2 is 1.89 bits per heavy atom. The maximum atomic E-state index is 14.0. The van der Waals surface area contributed by atoms with Crippen molar-refractivity contribution >= 4 is 16.9 Å². The van der Waals surface area contributed by atoms with Crippen LogP contribution in [0.15, 0.2) is 73.2 Å². The minimum atomic E-state index is -0.493. The first-order chi connectivity index (χ1) is 17.9. The van der Waals surface area contributed by atoms with Crippen LogP contribution in [0, 0.1) is 6.92 Å². The van der Waals surface area contributed by atoms with Crippen LogP contribution in [0.4, 0.5) is 0 Å². The highest BCUT2D eigenvalue weighted by Crippen LogP contribution is 2.30. The van der Waals surface area contributed by atoms with Crippen LogP contribution in [-0.4, -0.2) is 37.3 Å². The molecule has 8 heteroatoms. The maximum Gasteiger partial charge on any atom is 0.253 e. The van der Waals surface area contributed by atoms with Crippen molar-refractivity contribution in [1.82, 2.24) is 29.6 Å². The summed E-state index contributed by atoms with van der Waals surface area (Å²) in [5.41, 5.74) is 4.84. The Labute approximate surface area is 215 Å². The summed E-state index contributed by atoms with van der Waals surface area (Å²) in [5.74, 6) is 1.18. The second kappa shape index (κ2) is 9.89. The van der Waals surface area contributed by atoms with E-state index < -0.39 is 6.04 Å². The van der Waals surface area contributed by atoms with Gasteiger partial charge in [0.25, 0.3) is 5.91 Å². The van der Waals surface area contributed by atoms with Gasteiger partial charge in [0.1, 0.15) is 17.6 Å². The molecule has 188 valence electrons. The van der Waals surface area contributed by atoms with E-state index in [1.54, 1.807) is 19.5 Å². The topological polar surface area (TPSA) is 86.9 Å². The van der Waals surface area contributed by atoms with Crippen LogP contribution in [0.25, 0.3) is 22.3 Å². The fraction of sp³-hybridized carbons (Fsp3) is 0.241. The summed E-state index contributed by atoms with van der Waals surface area (Å²) in [6.07, 6.45) is 5.31. The molecule has 1 atom stereocenters. The van der Waals surface area contributed by atoms with Crippen molar-refractivity contribution in [2.24, 2.45) is 7.05 Å². The second-order valence-corrected chi connectivity index (χ2v) is 9.37. The molecule has 1 N–H and O–H groups in total. The number of carbonyl (C=O) groups is 1. The van der Waals surface area contributed by atoms with Crippen LogP contribution in [0.1, 0.15) is 53.2 Å². The Kier molecular flexibility index (Phi) is 6.48. The van der Waals surface area contributed by atoms with E-state index in [0.717, 1.165) is 22.4 Å². The lowest BCUT2D eigenvalue weighted by Crippen LogP contribution is -2.31. The summed E-state index contributed by atoms with van der Waals surface area (Å²) >= 11 is 0. The number of rotatable bonds is 7. The largest absolute Gasteiger partial charge is 0.497 e. The van der Waals surface area contributed by atoms with E-state index in [0.29, 0.717) is 28.2 Å². The number of carbonyl (C=O) groups excluding carboxylic acids is 1. The number of hydrogen-bond acceptors (Lipinski definition) is 5. The van der Waals surface area contributed by atoms with E-state index >= 15 is 0 Å². The lowest BCUT2D eigenvalue weighted by atomic mass is 10.0. The van der Waals surface area contributed by atoms with Gasteiger partial charge in [-0.15, -0.1) is 0 Å².